The summed E-state index contributed by atoms with van der Waals surface area (Å²) >= 11 is 0.887. The lowest BCUT2D eigenvalue weighted by Crippen LogP contribution is -2.33. The van der Waals surface area contributed by atoms with Gasteiger partial charge < -0.3 is 94.7 Å². The Hall–Kier alpha value is -4.80. The van der Waals surface area contributed by atoms with Crippen LogP contribution in [0.25, 0.3) is 47.4 Å². The number of fused-ring (bicyclic) bond motifs is 2. The van der Waals surface area contributed by atoms with E-state index in [1.165, 1.54) is 18.2 Å². The zero-order chi connectivity index (χ0) is 66.9. The summed E-state index contributed by atoms with van der Waals surface area (Å²) in [5.41, 5.74) is -1.51. The van der Waals surface area contributed by atoms with Gasteiger partial charge in [-0.3, -0.25) is 18.7 Å². The zero-order valence-electron chi connectivity index (χ0n) is 53.3. The maximum Gasteiger partial charge on any atom is 0.295 e. The van der Waals surface area contributed by atoms with Crippen LogP contribution in [-0.2, 0) is 105 Å². The lowest BCUT2D eigenvalue weighted by atomic mass is 9.97. The Morgan fingerprint density at radius 1 is 0.351 bits per heavy atom. The predicted molar refractivity (Wildman–Crippen MR) is 345 cm³/mol. The van der Waals surface area contributed by atoms with E-state index in [0.717, 1.165) is 22.0 Å². The van der Waals surface area contributed by atoms with Crippen molar-refractivity contribution < 1.29 is 121 Å². The molecule has 0 aliphatic heterocycles. The SMILES string of the molecule is COCCOCCOCCOCCOCCOCCOCCOCCOCCOc1cccc(OCCOCCOCCOCCOCCOCCOCCOCCOCCOC)c1-n1c(=O)c2ccc3sc4c(S(=O)(=O)O)cc(S(=O)(=O)O)cc4c4ccc(c1=O)c2c34. The average Bonchev–Trinajstić information content (AvgIpc) is 0.707. The van der Waals surface area contributed by atoms with E-state index >= 15 is 0 Å². The summed E-state index contributed by atoms with van der Waals surface area (Å²) in [6, 6.07) is 12.5. The highest BCUT2D eigenvalue weighted by atomic mass is 32.2. The van der Waals surface area contributed by atoms with Gasteiger partial charge in [-0.2, -0.15) is 16.8 Å². The van der Waals surface area contributed by atoms with Crippen molar-refractivity contribution in [3.63, 3.8) is 0 Å². The Morgan fingerprint density at radius 2 is 0.649 bits per heavy atom. The van der Waals surface area contributed by atoms with Crippen molar-refractivity contribution >= 4 is 73.3 Å². The molecular formula is C62H89NO28S3. The van der Waals surface area contributed by atoms with Gasteiger partial charge in [0.15, 0.2) is 0 Å². The molecule has 0 unspecified atom stereocenters. The maximum absolute atomic E-state index is 14.9. The van der Waals surface area contributed by atoms with Crippen molar-refractivity contribution in [3.8, 4) is 17.2 Å². The van der Waals surface area contributed by atoms with E-state index in [1.54, 1.807) is 38.5 Å². The normalized spacial score (nSPS) is 12.3. The highest BCUT2D eigenvalue weighted by molar-refractivity contribution is 7.87. The third-order valence-electron chi connectivity index (χ3n) is 13.3. The molecule has 0 aliphatic rings. The molecule has 0 saturated carbocycles. The topological polar surface area (TPSA) is 332 Å². The molecule has 0 aliphatic carbocycles. The molecule has 0 fully saturated rings. The molecule has 6 rings (SSSR count). The third-order valence-corrected chi connectivity index (χ3v) is 16.4. The van der Waals surface area contributed by atoms with E-state index in [0.29, 0.717) is 201 Å². The predicted octanol–water partition coefficient (Wildman–Crippen LogP) is 4.12. The first-order valence-electron chi connectivity index (χ1n) is 30.8. The van der Waals surface area contributed by atoms with Gasteiger partial charge in [0.1, 0.15) is 35.3 Å². The number of rotatable bonds is 59. The molecule has 0 radical (unpaired) electrons. The van der Waals surface area contributed by atoms with Gasteiger partial charge in [-0.1, -0.05) is 12.1 Å². The number of pyridine rings is 1. The van der Waals surface area contributed by atoms with Crippen molar-refractivity contribution in [2.45, 2.75) is 9.79 Å². The molecule has 94 heavy (non-hydrogen) atoms. The average molecular weight is 1390 g/mol. The summed E-state index contributed by atoms with van der Waals surface area (Å²) in [6.07, 6.45) is 0. The van der Waals surface area contributed by atoms with Crippen LogP contribution in [0.4, 0.5) is 0 Å². The summed E-state index contributed by atoms with van der Waals surface area (Å²) in [5, 5.41) is 0.998. The quantitative estimate of drug-likeness (QED) is 0.0235. The number of aromatic nitrogens is 1. The van der Waals surface area contributed by atoms with Gasteiger partial charge in [-0.25, -0.2) is 4.57 Å². The van der Waals surface area contributed by atoms with E-state index in [-0.39, 0.29) is 102 Å². The maximum atomic E-state index is 14.9. The first-order chi connectivity index (χ1) is 45.9. The smallest absolute Gasteiger partial charge is 0.295 e. The lowest BCUT2D eigenvalue weighted by Gasteiger charge is -2.19. The monoisotopic (exact) mass is 1390 g/mol. The molecule has 0 saturated heterocycles. The summed E-state index contributed by atoms with van der Waals surface area (Å²) in [7, 11) is -6.75. The molecule has 29 nitrogen and oxygen atoms in total. The molecule has 32 heteroatoms. The van der Waals surface area contributed by atoms with Gasteiger partial charge in [0.25, 0.3) is 31.4 Å². The van der Waals surface area contributed by atoms with Crippen LogP contribution in [0.5, 0.6) is 11.5 Å². The first kappa shape index (κ1) is 78.2. The van der Waals surface area contributed by atoms with Crippen LogP contribution < -0.4 is 20.6 Å². The molecule has 0 bridgehead atoms. The molecule has 6 aromatic rings. The fourth-order valence-electron chi connectivity index (χ4n) is 8.94. The Kier molecular flexibility index (Phi) is 38.0. The van der Waals surface area contributed by atoms with Crippen LogP contribution in [-0.4, -0.2) is 283 Å². The van der Waals surface area contributed by atoms with Crippen molar-refractivity contribution in [2.75, 3.05) is 252 Å². The lowest BCUT2D eigenvalue weighted by molar-refractivity contribution is -0.0247. The molecule has 2 aromatic heterocycles. The van der Waals surface area contributed by atoms with E-state index in [9.17, 15) is 35.5 Å². The number of hydrogen-bond donors (Lipinski definition) is 2. The molecule has 2 heterocycles. The van der Waals surface area contributed by atoms with E-state index in [2.05, 4.69) is 0 Å². The summed E-state index contributed by atoms with van der Waals surface area (Å²) in [4.78, 5) is 28.2. The Balaban J connectivity index is 0.941. The van der Waals surface area contributed by atoms with Crippen LogP contribution in [0, 0.1) is 0 Å². The molecule has 0 atom stereocenters. The highest BCUT2D eigenvalue weighted by Crippen LogP contribution is 2.43. The van der Waals surface area contributed by atoms with Gasteiger partial charge in [-0.15, -0.1) is 11.3 Å². The van der Waals surface area contributed by atoms with Gasteiger partial charge in [0, 0.05) is 45.9 Å². The summed E-state index contributed by atoms with van der Waals surface area (Å²) in [5.74, 6) is 0.232. The number of methoxy groups -OCH3 is 2. The molecule has 2 N–H and O–H groups in total. The van der Waals surface area contributed by atoms with E-state index in [4.69, 9.17) is 94.7 Å². The van der Waals surface area contributed by atoms with E-state index < -0.39 is 41.1 Å². The van der Waals surface area contributed by atoms with Crippen LogP contribution in [0.15, 0.2) is 74.0 Å². The highest BCUT2D eigenvalue weighted by Gasteiger charge is 2.27. The standard InChI is InChI=1S/C62H89NO28S3/c1-72-10-12-74-14-16-76-18-20-78-22-24-80-26-28-82-30-32-84-34-36-86-38-40-88-42-44-90-53-4-3-5-54(91-45-43-89-41-39-87-37-35-85-33-31-83-29-27-81-25-23-79-21-19-77-17-15-75-13-11-73-2)59(53)63-61(64)50-7-6-49-52-46-48(93(66,67)68)47-56(94(69,70)71)60(52)92-55-9-8-51(62(63)65)57(50)58(49)55/h3-9,46-47H,10-45H2,1-2H3,(H,66,67,68)(H,69,70,71). The fraction of sp³-hybridized carbons (Fsp3) is 0.613. The van der Waals surface area contributed by atoms with Crippen LogP contribution >= 0.6 is 11.3 Å². The molecule has 0 spiro atoms. The number of benzene rings is 4. The Morgan fingerprint density at radius 3 is 0.957 bits per heavy atom. The van der Waals surface area contributed by atoms with Crippen LogP contribution in [0.1, 0.15) is 0 Å². The number of nitrogens with zero attached hydrogens (tertiary/aromatic N) is 1. The van der Waals surface area contributed by atoms with Crippen molar-refractivity contribution in [3.05, 3.63) is 75.3 Å². The van der Waals surface area contributed by atoms with Crippen LogP contribution in [0.3, 0.4) is 0 Å². The largest absolute Gasteiger partial charge is 0.489 e. The minimum atomic E-state index is -5.02. The van der Waals surface area contributed by atoms with Crippen molar-refractivity contribution in [2.24, 2.45) is 0 Å². The minimum Gasteiger partial charge on any atom is -0.489 e. The second-order valence-electron chi connectivity index (χ2n) is 19.9. The minimum absolute atomic E-state index is 0.00240. The van der Waals surface area contributed by atoms with Gasteiger partial charge in [0.05, 0.1) is 234 Å². The Bertz CT molecular complexity index is 3320. The van der Waals surface area contributed by atoms with Gasteiger partial charge >= 0.3 is 0 Å². The molecule has 528 valence electrons. The molecule has 4 aromatic carbocycles. The number of para-hydroxylation sites is 1. The molecule has 0 amide bonds. The van der Waals surface area contributed by atoms with Gasteiger partial charge in [-0.05, 0) is 47.9 Å². The molecular weight excluding hydrogens is 1300 g/mol. The first-order valence-corrected chi connectivity index (χ1v) is 34.5. The van der Waals surface area contributed by atoms with Crippen molar-refractivity contribution in [1.29, 1.82) is 0 Å². The van der Waals surface area contributed by atoms with Crippen LogP contribution in [0.2, 0.25) is 0 Å². The van der Waals surface area contributed by atoms with Gasteiger partial charge in [0.2, 0.25) is 0 Å². The third kappa shape index (κ3) is 27.6. The fourth-order valence-corrected chi connectivity index (χ4v) is 11.7. The summed E-state index contributed by atoms with van der Waals surface area (Å²) < 4.78 is 182. The summed E-state index contributed by atoms with van der Waals surface area (Å²) in [6.45, 7) is 13.7. The second-order valence-corrected chi connectivity index (χ2v) is 23.8. The number of hydrogen-bond acceptors (Lipinski definition) is 27. The second kappa shape index (κ2) is 45.7. The zero-order valence-corrected chi connectivity index (χ0v) is 55.8. The Labute approximate surface area is 550 Å². The number of ether oxygens (including phenoxy) is 20. The van der Waals surface area contributed by atoms with Crippen molar-refractivity contribution in [1.82, 2.24) is 4.57 Å². The van der Waals surface area contributed by atoms with E-state index in [1.807, 2.05) is 0 Å².